The van der Waals surface area contributed by atoms with Gasteiger partial charge in [-0.2, -0.15) is 0 Å². The van der Waals surface area contributed by atoms with Gasteiger partial charge in [-0.15, -0.1) is 11.3 Å². The molecular formula is C70H82N4O7S. The van der Waals surface area contributed by atoms with Gasteiger partial charge >= 0.3 is 5.97 Å². The minimum Gasteiger partial charge on any atom is -0.494 e. The maximum absolute atomic E-state index is 15.5. The summed E-state index contributed by atoms with van der Waals surface area (Å²) in [6.07, 6.45) is 18.4. The zero-order valence-electron chi connectivity index (χ0n) is 49.0. The molecule has 0 radical (unpaired) electrons. The van der Waals surface area contributed by atoms with Gasteiger partial charge in [0.15, 0.2) is 0 Å². The topological polar surface area (TPSA) is 117 Å². The molecule has 82 heavy (non-hydrogen) atoms. The van der Waals surface area contributed by atoms with Gasteiger partial charge in [0.05, 0.1) is 47.2 Å². The quantitative estimate of drug-likeness (QED) is 0.0246. The maximum Gasteiger partial charge on any atom is 0.333 e. The van der Waals surface area contributed by atoms with Crippen LogP contribution in [0.3, 0.4) is 0 Å². The van der Waals surface area contributed by atoms with Crippen molar-refractivity contribution in [3.63, 3.8) is 0 Å². The van der Waals surface area contributed by atoms with Gasteiger partial charge in [0, 0.05) is 40.6 Å². The number of furan rings is 1. The smallest absolute Gasteiger partial charge is 0.333 e. The Balaban J connectivity index is 1.16. The van der Waals surface area contributed by atoms with Gasteiger partial charge in [0.1, 0.15) is 23.0 Å². The molecule has 0 saturated heterocycles. The Morgan fingerprint density at radius 1 is 0.573 bits per heavy atom. The monoisotopic (exact) mass is 1120 g/mol. The molecule has 1 N–H and O–H groups in total. The predicted molar refractivity (Wildman–Crippen MR) is 334 cm³/mol. The average molecular weight is 1120 g/mol. The summed E-state index contributed by atoms with van der Waals surface area (Å²) < 4.78 is 18.3. The largest absolute Gasteiger partial charge is 0.494 e. The number of hydrogen-bond acceptors (Lipinski definition) is 8. The Morgan fingerprint density at radius 3 is 1.52 bits per heavy atom. The average Bonchev–Trinajstić information content (AvgIpc) is 3.80. The van der Waals surface area contributed by atoms with Crippen LogP contribution in [0.4, 0.5) is 17.1 Å². The van der Waals surface area contributed by atoms with Crippen LogP contribution < -0.4 is 14.4 Å². The zero-order chi connectivity index (χ0) is 58.0. The third-order valence-corrected chi connectivity index (χ3v) is 17.0. The molecule has 0 fully saturated rings. The Labute approximate surface area is 490 Å². The summed E-state index contributed by atoms with van der Waals surface area (Å²) >= 11 is 1.61. The number of amides is 2. The zero-order valence-corrected chi connectivity index (χ0v) is 49.8. The van der Waals surface area contributed by atoms with Crippen LogP contribution in [0, 0.1) is 18.4 Å². The standard InChI is InChI=1S/C70H82N4O7S/c1-8-14-18-20-44-79-57-36-32-55(33-37-57)74(56-34-38-58(39-35-56)80-45-21-19-15-9-2)54-30-28-52(29-31-54)62-42-43-63(82-62)67-65-64(68(75)73(67)48-50(13-6)23-17-11-4)66(72(69(65)76)47-49(12-5)22-16-10-3)53-26-24-51(25-27-53)61-41-40-59(81-61)46-60(71-7)70(77)78/h24-43,46,49-50H,8-23,44-45,47-48H2,1-6H3,(H,77,78)/b60-46-. The minimum atomic E-state index is -1.33. The third-order valence-electron chi connectivity index (χ3n) is 15.8. The molecule has 12 heteroatoms. The number of carbonyl (C=O) groups is 3. The Bertz CT molecular complexity index is 3160. The van der Waals surface area contributed by atoms with Crippen LogP contribution in [-0.2, 0) is 14.4 Å². The molecule has 0 aliphatic carbocycles. The highest BCUT2D eigenvalue weighted by atomic mass is 32.1. The molecule has 0 spiro atoms. The first-order valence-corrected chi connectivity index (χ1v) is 31.0. The fourth-order valence-electron chi connectivity index (χ4n) is 11.0. The van der Waals surface area contributed by atoms with E-state index in [0.29, 0.717) is 54.6 Å². The van der Waals surface area contributed by atoms with Gasteiger partial charge in [-0.3, -0.25) is 14.4 Å². The number of rotatable bonds is 33. The second-order valence-corrected chi connectivity index (χ2v) is 22.8. The molecule has 11 nitrogen and oxygen atoms in total. The van der Waals surface area contributed by atoms with Crippen LogP contribution in [-0.4, -0.2) is 59.0 Å². The van der Waals surface area contributed by atoms with Crippen molar-refractivity contribution in [1.82, 2.24) is 9.80 Å². The number of thiophene rings is 1. The van der Waals surface area contributed by atoms with Crippen molar-refractivity contribution in [3.8, 4) is 33.3 Å². The van der Waals surface area contributed by atoms with Gasteiger partial charge in [0.2, 0.25) is 0 Å². The van der Waals surface area contributed by atoms with Gasteiger partial charge in [-0.25, -0.2) is 4.85 Å². The molecule has 6 aromatic rings. The van der Waals surface area contributed by atoms with E-state index in [9.17, 15) is 9.90 Å². The summed E-state index contributed by atoms with van der Waals surface area (Å²) in [6, 6.07) is 40.6. The second kappa shape index (κ2) is 29.9. The molecule has 0 bridgehead atoms. The van der Waals surface area contributed by atoms with Crippen molar-refractivity contribution >= 4 is 63.7 Å². The molecular weight excluding hydrogens is 1040 g/mol. The first kappa shape index (κ1) is 60.5. The fraction of sp³-hybridized carbons (Fsp3) is 0.400. The molecule has 4 aromatic carbocycles. The lowest BCUT2D eigenvalue weighted by atomic mass is 9.97. The van der Waals surface area contributed by atoms with Gasteiger partial charge in [-0.05, 0) is 140 Å². The molecule has 8 rings (SSSR count). The number of carboxylic acid groups (broad SMARTS) is 1. The minimum absolute atomic E-state index is 0.148. The van der Waals surface area contributed by atoms with E-state index in [1.165, 1.54) is 31.8 Å². The Morgan fingerprint density at radius 2 is 1.04 bits per heavy atom. The van der Waals surface area contributed by atoms with Crippen molar-refractivity contribution in [2.24, 2.45) is 11.8 Å². The fourth-order valence-corrected chi connectivity index (χ4v) is 12.0. The van der Waals surface area contributed by atoms with E-state index >= 15 is 9.59 Å². The first-order chi connectivity index (χ1) is 40.0. The van der Waals surface area contributed by atoms with Gasteiger partial charge in [0.25, 0.3) is 17.5 Å². The predicted octanol–water partition coefficient (Wildman–Crippen LogP) is 18.6. The molecule has 430 valence electrons. The van der Waals surface area contributed by atoms with E-state index in [4.69, 9.17) is 20.5 Å². The van der Waals surface area contributed by atoms with Crippen molar-refractivity contribution in [3.05, 3.63) is 166 Å². The Hall–Kier alpha value is -7.62. The molecule has 2 aliphatic rings. The summed E-state index contributed by atoms with van der Waals surface area (Å²) in [5.74, 6) is 1.30. The van der Waals surface area contributed by atoms with E-state index < -0.39 is 11.7 Å². The molecule has 2 atom stereocenters. The number of unbranched alkanes of at least 4 members (excludes halogenated alkanes) is 8. The van der Waals surface area contributed by atoms with Crippen molar-refractivity contribution in [1.29, 1.82) is 0 Å². The highest BCUT2D eigenvalue weighted by molar-refractivity contribution is 7.16. The second-order valence-electron chi connectivity index (χ2n) is 21.7. The molecule has 2 unspecified atom stereocenters. The lowest BCUT2D eigenvalue weighted by Gasteiger charge is -2.29. The number of benzene rings is 4. The van der Waals surface area contributed by atoms with Crippen LogP contribution >= 0.6 is 11.3 Å². The van der Waals surface area contributed by atoms with E-state index in [1.807, 2.05) is 34.1 Å². The summed E-state index contributed by atoms with van der Waals surface area (Å²) in [7, 11) is 0. The number of aliphatic carboxylic acids is 1. The number of carboxylic acids is 1. The summed E-state index contributed by atoms with van der Waals surface area (Å²) in [4.78, 5) is 53.6. The molecule has 2 aromatic heterocycles. The van der Waals surface area contributed by atoms with E-state index in [2.05, 4.69) is 136 Å². The summed E-state index contributed by atoms with van der Waals surface area (Å²) in [6.45, 7) is 22.8. The van der Waals surface area contributed by atoms with Crippen LogP contribution in [0.5, 0.6) is 11.5 Å². The van der Waals surface area contributed by atoms with Crippen molar-refractivity contribution < 1.29 is 33.4 Å². The summed E-state index contributed by atoms with van der Waals surface area (Å²) in [5.41, 5.74) is 7.29. The van der Waals surface area contributed by atoms with Crippen LogP contribution in [0.15, 0.2) is 143 Å². The molecule has 4 heterocycles. The van der Waals surface area contributed by atoms with E-state index in [0.717, 1.165) is 132 Å². The van der Waals surface area contributed by atoms with Crippen molar-refractivity contribution in [2.75, 3.05) is 31.2 Å². The lowest BCUT2D eigenvalue weighted by molar-refractivity contribution is -0.132. The Kier molecular flexibility index (Phi) is 22.1. The number of fused-ring (bicyclic) bond motifs is 1. The number of ether oxygens (including phenoxy) is 2. The van der Waals surface area contributed by atoms with Crippen LogP contribution in [0.25, 0.3) is 44.1 Å². The van der Waals surface area contributed by atoms with Gasteiger partial charge in [-0.1, -0.05) is 155 Å². The van der Waals surface area contributed by atoms with E-state index in [1.54, 1.807) is 23.5 Å². The first-order valence-electron chi connectivity index (χ1n) is 30.2. The normalized spacial score (nSPS) is 14.2. The molecule has 2 amide bonds. The van der Waals surface area contributed by atoms with E-state index in [-0.39, 0.29) is 29.4 Å². The number of anilines is 3. The summed E-state index contributed by atoms with van der Waals surface area (Å²) in [5, 5.41) is 9.42. The highest BCUT2D eigenvalue weighted by Gasteiger charge is 2.49. The number of carbonyl (C=O) groups excluding carboxylic acids is 2. The maximum atomic E-state index is 15.5. The van der Waals surface area contributed by atoms with Crippen LogP contribution in [0.1, 0.15) is 160 Å². The van der Waals surface area contributed by atoms with Crippen LogP contribution in [0.2, 0.25) is 0 Å². The third kappa shape index (κ3) is 14.7. The SMILES string of the molecule is [C-]#[N+]/C(=C\c1ccc(-c2ccc(C3=C4C(=O)N(CC(CC)CCCC)C(c5ccc(-c6ccc(N(c7ccc(OCCCCCC)cc7)c7ccc(OCCCCCC)cc7)cc6)s5)=C4C(=O)N3CC(CC)CCCC)cc2)o1)C(=O)O. The highest BCUT2D eigenvalue weighted by Crippen LogP contribution is 2.50. The molecule has 0 saturated carbocycles. The van der Waals surface area contributed by atoms with Crippen molar-refractivity contribution in [2.45, 2.75) is 144 Å². The lowest BCUT2D eigenvalue weighted by Crippen LogP contribution is -2.34. The van der Waals surface area contributed by atoms with Gasteiger partial charge < -0.3 is 33.7 Å². The number of hydrogen-bond donors (Lipinski definition) is 1. The number of nitrogens with zero attached hydrogens (tertiary/aromatic N) is 4. The molecule has 2 aliphatic heterocycles.